The van der Waals surface area contributed by atoms with Crippen LogP contribution in [-0.4, -0.2) is 33.1 Å². The number of aromatic nitrogens is 3. The molecule has 4 rings (SSSR count). The second kappa shape index (κ2) is 9.44. The third kappa shape index (κ3) is 4.40. The number of hydrogen-bond acceptors (Lipinski definition) is 6. The van der Waals surface area contributed by atoms with Gasteiger partial charge in [-0.3, -0.25) is 4.79 Å². The summed E-state index contributed by atoms with van der Waals surface area (Å²) in [5, 5.41) is 11.8. The number of nitrogens with one attached hydrogen (secondary N) is 2. The minimum atomic E-state index is -0.459. The third-order valence-corrected chi connectivity index (χ3v) is 7.70. The van der Waals surface area contributed by atoms with E-state index in [0.717, 1.165) is 49.3 Å². The number of halogens is 2. The Morgan fingerprint density at radius 3 is 2.72 bits per heavy atom. The first-order valence-corrected chi connectivity index (χ1v) is 12.6. The number of methoxy groups -OCH3 is 1. The van der Waals surface area contributed by atoms with Gasteiger partial charge in [-0.05, 0) is 77.2 Å². The van der Waals surface area contributed by atoms with Crippen molar-refractivity contribution in [1.82, 2.24) is 14.9 Å². The van der Waals surface area contributed by atoms with Crippen molar-refractivity contribution in [1.29, 1.82) is 0 Å². The fraction of sp³-hybridized carbons (Fsp3) is 0.318. The monoisotopic (exact) mass is 579 g/mol. The highest BCUT2D eigenvalue weighted by atomic mass is 79.9. The first-order valence-electron chi connectivity index (χ1n) is 10.1. The summed E-state index contributed by atoms with van der Waals surface area (Å²) in [6, 6.07) is 9.60. The second-order valence-electron chi connectivity index (χ2n) is 7.50. The highest BCUT2D eigenvalue weighted by Gasteiger charge is 2.38. The summed E-state index contributed by atoms with van der Waals surface area (Å²) < 4.78 is 9.03. The van der Waals surface area contributed by atoms with Gasteiger partial charge in [-0.2, -0.15) is 0 Å². The molecule has 1 amide bonds. The van der Waals surface area contributed by atoms with Crippen LogP contribution in [0.4, 0.5) is 5.69 Å². The molecule has 2 N–H and O–H groups in total. The Bertz CT molecular complexity index is 1180. The molecule has 3 aromatic rings. The Kier molecular flexibility index (Phi) is 6.83. The van der Waals surface area contributed by atoms with Gasteiger partial charge < -0.3 is 15.5 Å². The van der Waals surface area contributed by atoms with E-state index in [1.807, 2.05) is 48.9 Å². The van der Waals surface area contributed by atoms with Gasteiger partial charge in [-0.1, -0.05) is 40.7 Å². The first kappa shape index (κ1) is 23.1. The molecule has 1 aliphatic heterocycles. The van der Waals surface area contributed by atoms with Crippen LogP contribution >= 0.6 is 43.6 Å². The Morgan fingerprint density at radius 1 is 1.25 bits per heavy atom. The summed E-state index contributed by atoms with van der Waals surface area (Å²) >= 11 is 8.52. The molecule has 0 bridgehead atoms. The number of nitrogens with zero attached hydrogens (tertiary/aromatic N) is 3. The molecule has 0 spiro atoms. The number of fused-ring (bicyclic) bond motifs is 1. The second-order valence-corrected chi connectivity index (χ2v) is 10.4. The molecule has 2 unspecified atom stereocenters. The number of hydrogen-bond donors (Lipinski definition) is 2. The SMILES string of the molecule is CCc1cc(Br)cc(C)c1NC(=O)C1Sc2nnc(C)n2NC1c1ccc(OC)c(Br)c1. The summed E-state index contributed by atoms with van der Waals surface area (Å²) in [6.07, 6.45) is 0.814. The Morgan fingerprint density at radius 2 is 2.03 bits per heavy atom. The van der Waals surface area contributed by atoms with Crippen LogP contribution in [0.15, 0.2) is 44.4 Å². The van der Waals surface area contributed by atoms with E-state index >= 15 is 0 Å². The largest absolute Gasteiger partial charge is 0.496 e. The zero-order valence-electron chi connectivity index (χ0n) is 18.1. The molecular formula is C22H23Br2N5O2S. The number of aryl methyl sites for hydroxylation is 3. The lowest BCUT2D eigenvalue weighted by Crippen LogP contribution is -2.41. The van der Waals surface area contributed by atoms with Gasteiger partial charge in [-0.15, -0.1) is 10.2 Å². The van der Waals surface area contributed by atoms with Crippen molar-refractivity contribution in [3.63, 3.8) is 0 Å². The molecule has 0 fully saturated rings. The summed E-state index contributed by atoms with van der Waals surface area (Å²) in [6.45, 7) is 5.96. The van der Waals surface area contributed by atoms with Gasteiger partial charge in [0.1, 0.15) is 16.8 Å². The van der Waals surface area contributed by atoms with Crippen molar-refractivity contribution < 1.29 is 9.53 Å². The normalized spacial score (nSPS) is 17.4. The topological polar surface area (TPSA) is 81.1 Å². The van der Waals surface area contributed by atoms with Crippen LogP contribution in [0.3, 0.4) is 0 Å². The van der Waals surface area contributed by atoms with Crippen LogP contribution in [0.2, 0.25) is 0 Å². The number of rotatable bonds is 5. The van der Waals surface area contributed by atoms with Crippen LogP contribution in [0, 0.1) is 13.8 Å². The van der Waals surface area contributed by atoms with Crippen molar-refractivity contribution in [2.24, 2.45) is 0 Å². The van der Waals surface area contributed by atoms with E-state index in [9.17, 15) is 4.79 Å². The lowest BCUT2D eigenvalue weighted by molar-refractivity contribution is -0.116. The van der Waals surface area contributed by atoms with E-state index in [-0.39, 0.29) is 11.9 Å². The van der Waals surface area contributed by atoms with Crippen molar-refractivity contribution in [2.45, 2.75) is 43.6 Å². The molecule has 0 aliphatic carbocycles. The Labute approximate surface area is 207 Å². The van der Waals surface area contributed by atoms with Crippen molar-refractivity contribution >= 4 is 55.2 Å². The van der Waals surface area contributed by atoms with Gasteiger partial charge in [0.2, 0.25) is 11.1 Å². The molecule has 168 valence electrons. The van der Waals surface area contributed by atoms with E-state index < -0.39 is 5.25 Å². The van der Waals surface area contributed by atoms with Gasteiger partial charge in [0, 0.05) is 10.2 Å². The minimum Gasteiger partial charge on any atom is -0.496 e. The molecule has 0 radical (unpaired) electrons. The standard InChI is InChI=1S/C22H23Br2N5O2S/c1-5-13-9-15(23)8-11(2)18(13)25-21(30)20-19(14-6-7-17(31-4)16(24)10-14)28-29-12(3)26-27-22(29)32-20/h6-10,19-20,28H,5H2,1-4H3,(H,25,30). The molecule has 2 atom stereocenters. The highest BCUT2D eigenvalue weighted by molar-refractivity contribution is 9.10. The smallest absolute Gasteiger partial charge is 0.240 e. The number of carbonyl (C=O) groups is 1. The predicted molar refractivity (Wildman–Crippen MR) is 134 cm³/mol. The van der Waals surface area contributed by atoms with Crippen molar-refractivity contribution in [3.05, 3.63) is 61.8 Å². The average molecular weight is 581 g/mol. The zero-order chi connectivity index (χ0) is 23.0. The summed E-state index contributed by atoms with van der Waals surface area (Å²) in [5.74, 6) is 1.38. The van der Waals surface area contributed by atoms with Gasteiger partial charge in [0.15, 0.2) is 0 Å². The predicted octanol–water partition coefficient (Wildman–Crippen LogP) is 5.39. The number of anilines is 1. The van der Waals surface area contributed by atoms with Crippen LogP contribution in [0.1, 0.15) is 35.5 Å². The molecular weight excluding hydrogens is 558 g/mol. The van der Waals surface area contributed by atoms with E-state index in [2.05, 4.69) is 59.7 Å². The summed E-state index contributed by atoms with van der Waals surface area (Å²) in [4.78, 5) is 13.6. The molecule has 2 heterocycles. The lowest BCUT2D eigenvalue weighted by Gasteiger charge is -2.33. The van der Waals surface area contributed by atoms with Crippen LogP contribution < -0.4 is 15.5 Å². The van der Waals surface area contributed by atoms with E-state index in [0.29, 0.717) is 5.16 Å². The maximum Gasteiger partial charge on any atom is 0.240 e. The van der Waals surface area contributed by atoms with Gasteiger partial charge >= 0.3 is 0 Å². The number of ether oxygens (including phenoxy) is 1. The van der Waals surface area contributed by atoms with Crippen molar-refractivity contribution in [2.75, 3.05) is 17.9 Å². The lowest BCUT2D eigenvalue weighted by atomic mass is 10.0. The van der Waals surface area contributed by atoms with Crippen molar-refractivity contribution in [3.8, 4) is 5.75 Å². The van der Waals surface area contributed by atoms with Gasteiger partial charge in [-0.25, -0.2) is 4.68 Å². The molecule has 0 saturated heterocycles. The summed E-state index contributed by atoms with van der Waals surface area (Å²) in [5.41, 5.74) is 7.35. The minimum absolute atomic E-state index is 0.0912. The Balaban J connectivity index is 1.71. The quantitative estimate of drug-likeness (QED) is 0.421. The number of thioether (sulfide) groups is 1. The van der Waals surface area contributed by atoms with Gasteiger partial charge in [0.05, 0.1) is 17.6 Å². The zero-order valence-corrected chi connectivity index (χ0v) is 22.1. The fourth-order valence-corrected chi connectivity index (χ4v) is 6.05. The molecule has 32 heavy (non-hydrogen) atoms. The Hall–Kier alpha value is -2.04. The van der Waals surface area contributed by atoms with E-state index in [1.54, 1.807) is 7.11 Å². The average Bonchev–Trinajstić information content (AvgIpc) is 3.14. The highest BCUT2D eigenvalue weighted by Crippen LogP contribution is 2.40. The maximum atomic E-state index is 13.6. The molecule has 1 aliphatic rings. The number of benzene rings is 2. The van der Waals surface area contributed by atoms with E-state index in [1.165, 1.54) is 11.8 Å². The van der Waals surface area contributed by atoms with Gasteiger partial charge in [0.25, 0.3) is 0 Å². The fourth-order valence-electron chi connectivity index (χ4n) is 3.75. The third-order valence-electron chi connectivity index (χ3n) is 5.40. The molecule has 7 nitrogen and oxygen atoms in total. The van der Waals surface area contributed by atoms with Crippen LogP contribution in [-0.2, 0) is 11.2 Å². The van der Waals surface area contributed by atoms with E-state index in [4.69, 9.17) is 4.74 Å². The van der Waals surface area contributed by atoms with Crippen LogP contribution in [0.25, 0.3) is 0 Å². The first-order chi connectivity index (χ1) is 15.3. The molecule has 2 aromatic carbocycles. The number of amides is 1. The molecule has 1 aromatic heterocycles. The van der Waals surface area contributed by atoms with Crippen LogP contribution in [0.5, 0.6) is 5.75 Å². The molecule has 0 saturated carbocycles. The molecule has 10 heteroatoms. The summed E-state index contributed by atoms with van der Waals surface area (Å²) in [7, 11) is 1.63. The maximum absolute atomic E-state index is 13.6. The number of carbonyl (C=O) groups excluding carboxylic acids is 1.